The van der Waals surface area contributed by atoms with Crippen LogP contribution in [0.25, 0.3) is 6.08 Å². The van der Waals surface area contributed by atoms with Crippen LogP contribution in [-0.2, 0) is 4.79 Å². The number of carboxylic acid groups (broad SMARTS) is 1. The van der Waals surface area contributed by atoms with Crippen LogP contribution in [0.1, 0.15) is 32.8 Å². The maximum Gasteiger partial charge on any atom is 0.328 e. The van der Waals surface area contributed by atoms with E-state index in [1.807, 2.05) is 13.0 Å². The van der Waals surface area contributed by atoms with Gasteiger partial charge in [0.2, 0.25) is 0 Å². The molecule has 0 aromatic heterocycles. The molecule has 1 N–H and O–H groups in total. The van der Waals surface area contributed by atoms with Crippen LogP contribution >= 0.6 is 0 Å². The van der Waals surface area contributed by atoms with Crippen molar-refractivity contribution in [3.63, 3.8) is 0 Å². The fourth-order valence-corrected chi connectivity index (χ4v) is 1.50. The van der Waals surface area contributed by atoms with Gasteiger partial charge in [0.1, 0.15) is 11.5 Å². The maximum absolute atomic E-state index is 10.6. The second-order valence-corrected chi connectivity index (χ2v) is 4.92. The third-order valence-corrected chi connectivity index (χ3v) is 2.44. The molecule has 1 aromatic rings. The van der Waals surface area contributed by atoms with Gasteiger partial charge in [-0.05, 0) is 30.5 Å². The van der Waals surface area contributed by atoms with Crippen molar-refractivity contribution in [1.29, 1.82) is 0 Å². The molecule has 0 amide bonds. The van der Waals surface area contributed by atoms with E-state index in [9.17, 15) is 4.79 Å². The summed E-state index contributed by atoms with van der Waals surface area (Å²) in [5.41, 5.74) is 0.733. The largest absolute Gasteiger partial charge is 0.493 e. The molecule has 0 atom stereocenters. The molecule has 0 aliphatic carbocycles. The molecule has 0 spiro atoms. The Hall–Kier alpha value is -1.97. The Morgan fingerprint density at radius 1 is 1.35 bits per heavy atom. The summed E-state index contributed by atoms with van der Waals surface area (Å²) in [5.74, 6) is 0.792. The lowest BCUT2D eigenvalue weighted by Gasteiger charge is -2.13. The standard InChI is InChI=1S/C16H22O4/c1-4-9-19-14-7-5-13(6-8-16(17)18)15(10-14)20-11-12(2)3/h5-8,10,12H,4,9,11H2,1-3H3,(H,17,18)/b8-6+. The smallest absolute Gasteiger partial charge is 0.328 e. The highest BCUT2D eigenvalue weighted by Crippen LogP contribution is 2.26. The van der Waals surface area contributed by atoms with Crippen LogP contribution in [0.5, 0.6) is 11.5 Å². The van der Waals surface area contributed by atoms with Gasteiger partial charge in [0.05, 0.1) is 13.2 Å². The van der Waals surface area contributed by atoms with E-state index in [4.69, 9.17) is 14.6 Å². The van der Waals surface area contributed by atoms with E-state index in [1.165, 1.54) is 6.08 Å². The zero-order chi connectivity index (χ0) is 15.0. The summed E-state index contributed by atoms with van der Waals surface area (Å²) in [4.78, 5) is 10.6. The van der Waals surface area contributed by atoms with E-state index in [1.54, 1.807) is 12.1 Å². The first-order chi connectivity index (χ1) is 9.52. The number of aliphatic carboxylic acids is 1. The molecule has 0 bridgehead atoms. The number of hydrogen-bond acceptors (Lipinski definition) is 3. The summed E-state index contributed by atoms with van der Waals surface area (Å²) < 4.78 is 11.3. The summed E-state index contributed by atoms with van der Waals surface area (Å²) in [7, 11) is 0. The topological polar surface area (TPSA) is 55.8 Å². The Morgan fingerprint density at radius 3 is 2.70 bits per heavy atom. The second kappa shape index (κ2) is 8.25. The first kappa shape index (κ1) is 16.1. The van der Waals surface area contributed by atoms with Crippen LogP contribution in [0.15, 0.2) is 24.3 Å². The van der Waals surface area contributed by atoms with Crippen LogP contribution in [0, 0.1) is 5.92 Å². The summed E-state index contributed by atoms with van der Waals surface area (Å²) in [6.07, 6.45) is 3.56. The number of ether oxygens (including phenoxy) is 2. The normalized spacial score (nSPS) is 11.0. The molecule has 20 heavy (non-hydrogen) atoms. The third kappa shape index (κ3) is 5.78. The van der Waals surface area contributed by atoms with Crippen LogP contribution in [-0.4, -0.2) is 24.3 Å². The Balaban J connectivity index is 2.93. The zero-order valence-electron chi connectivity index (χ0n) is 12.3. The van der Waals surface area contributed by atoms with Gasteiger partial charge < -0.3 is 14.6 Å². The number of hydrogen-bond donors (Lipinski definition) is 1. The summed E-state index contributed by atoms with van der Waals surface area (Å²) in [5, 5.41) is 8.70. The van der Waals surface area contributed by atoms with Crippen molar-refractivity contribution < 1.29 is 19.4 Å². The van der Waals surface area contributed by atoms with Gasteiger partial charge in [-0.2, -0.15) is 0 Å². The Morgan fingerprint density at radius 2 is 2.10 bits per heavy atom. The van der Waals surface area contributed by atoms with Gasteiger partial charge in [-0.1, -0.05) is 20.8 Å². The summed E-state index contributed by atoms with van der Waals surface area (Å²) in [6.45, 7) is 7.38. The highest BCUT2D eigenvalue weighted by atomic mass is 16.5. The minimum Gasteiger partial charge on any atom is -0.493 e. The molecule has 0 unspecified atom stereocenters. The average Bonchev–Trinajstić information content (AvgIpc) is 2.41. The van der Waals surface area contributed by atoms with Crippen molar-refractivity contribution in [2.24, 2.45) is 5.92 Å². The zero-order valence-corrected chi connectivity index (χ0v) is 12.3. The van der Waals surface area contributed by atoms with Gasteiger partial charge in [0, 0.05) is 17.7 Å². The highest BCUT2D eigenvalue weighted by Gasteiger charge is 2.06. The summed E-state index contributed by atoms with van der Waals surface area (Å²) >= 11 is 0. The molecule has 0 fully saturated rings. The van der Waals surface area contributed by atoms with Gasteiger partial charge in [0.25, 0.3) is 0 Å². The lowest BCUT2D eigenvalue weighted by molar-refractivity contribution is -0.131. The van der Waals surface area contributed by atoms with Gasteiger partial charge in [-0.25, -0.2) is 4.79 Å². The Bertz CT molecular complexity index is 464. The number of carbonyl (C=O) groups is 1. The molecular formula is C16H22O4. The first-order valence-corrected chi connectivity index (χ1v) is 6.83. The fraction of sp³-hybridized carbons (Fsp3) is 0.438. The van der Waals surface area contributed by atoms with E-state index in [0.29, 0.717) is 24.9 Å². The van der Waals surface area contributed by atoms with Gasteiger partial charge in [-0.15, -0.1) is 0 Å². The van der Waals surface area contributed by atoms with Gasteiger partial charge in [-0.3, -0.25) is 0 Å². The molecule has 0 aliphatic rings. The van der Waals surface area contributed by atoms with Crippen LogP contribution in [0.2, 0.25) is 0 Å². The van der Waals surface area contributed by atoms with Gasteiger partial charge in [0.15, 0.2) is 0 Å². The van der Waals surface area contributed by atoms with Crippen molar-refractivity contribution in [2.45, 2.75) is 27.2 Å². The molecule has 4 nitrogen and oxygen atoms in total. The quantitative estimate of drug-likeness (QED) is 0.738. The second-order valence-electron chi connectivity index (χ2n) is 4.92. The number of benzene rings is 1. The third-order valence-electron chi connectivity index (χ3n) is 2.44. The fourth-order valence-electron chi connectivity index (χ4n) is 1.50. The number of rotatable bonds is 8. The number of carboxylic acids is 1. The molecule has 0 heterocycles. The first-order valence-electron chi connectivity index (χ1n) is 6.83. The summed E-state index contributed by atoms with van der Waals surface area (Å²) in [6, 6.07) is 5.43. The molecule has 0 saturated carbocycles. The van der Waals surface area contributed by atoms with E-state index < -0.39 is 5.97 Å². The van der Waals surface area contributed by atoms with E-state index in [-0.39, 0.29) is 0 Å². The predicted molar refractivity (Wildman–Crippen MR) is 79.2 cm³/mol. The molecule has 110 valence electrons. The Kier molecular flexibility index (Phi) is 6.64. The van der Waals surface area contributed by atoms with Crippen LogP contribution in [0.4, 0.5) is 0 Å². The minimum absolute atomic E-state index is 0.395. The molecule has 1 aromatic carbocycles. The van der Waals surface area contributed by atoms with E-state index >= 15 is 0 Å². The van der Waals surface area contributed by atoms with Crippen molar-refractivity contribution >= 4 is 12.0 Å². The molecule has 0 aliphatic heterocycles. The van der Waals surface area contributed by atoms with Crippen molar-refractivity contribution in [3.05, 3.63) is 29.8 Å². The molecule has 4 heteroatoms. The molecule has 1 rings (SSSR count). The van der Waals surface area contributed by atoms with Crippen molar-refractivity contribution in [3.8, 4) is 11.5 Å². The Labute approximate surface area is 120 Å². The van der Waals surface area contributed by atoms with E-state index in [0.717, 1.165) is 23.8 Å². The van der Waals surface area contributed by atoms with Crippen molar-refractivity contribution in [2.75, 3.05) is 13.2 Å². The van der Waals surface area contributed by atoms with Crippen LogP contribution in [0.3, 0.4) is 0 Å². The van der Waals surface area contributed by atoms with Crippen molar-refractivity contribution in [1.82, 2.24) is 0 Å². The lowest BCUT2D eigenvalue weighted by Crippen LogP contribution is -2.06. The highest BCUT2D eigenvalue weighted by molar-refractivity contribution is 5.86. The maximum atomic E-state index is 10.6. The molecular weight excluding hydrogens is 256 g/mol. The SMILES string of the molecule is CCCOc1ccc(/C=C/C(=O)O)c(OCC(C)C)c1. The van der Waals surface area contributed by atoms with Gasteiger partial charge >= 0.3 is 5.97 Å². The monoisotopic (exact) mass is 278 g/mol. The van der Waals surface area contributed by atoms with E-state index in [2.05, 4.69) is 13.8 Å². The average molecular weight is 278 g/mol. The van der Waals surface area contributed by atoms with Crippen LogP contribution < -0.4 is 9.47 Å². The molecule has 0 radical (unpaired) electrons. The lowest BCUT2D eigenvalue weighted by atomic mass is 10.1. The molecule has 0 saturated heterocycles. The minimum atomic E-state index is -0.980. The predicted octanol–water partition coefficient (Wildman–Crippen LogP) is 3.61.